The van der Waals surface area contributed by atoms with Gasteiger partial charge in [0.2, 0.25) is 0 Å². The standard InChI is InChI=1S/C9H9ClN4O/c1-2-14-4-3-5-6(10)7(8(11)15)12-13-9(5)14/h3-4H,2H2,1H3,(H2,11,15). The van der Waals surface area contributed by atoms with Crippen molar-refractivity contribution in [3.8, 4) is 0 Å². The molecule has 6 heteroatoms. The Morgan fingerprint density at radius 3 is 2.93 bits per heavy atom. The summed E-state index contributed by atoms with van der Waals surface area (Å²) in [4.78, 5) is 11.0. The highest BCUT2D eigenvalue weighted by molar-refractivity contribution is 6.37. The predicted molar refractivity (Wildman–Crippen MR) is 56.7 cm³/mol. The van der Waals surface area contributed by atoms with E-state index in [2.05, 4.69) is 10.2 Å². The Kier molecular flexibility index (Phi) is 2.32. The lowest BCUT2D eigenvalue weighted by molar-refractivity contribution is 0.0995. The number of primary amides is 1. The van der Waals surface area contributed by atoms with Crippen LogP contribution < -0.4 is 5.73 Å². The maximum absolute atomic E-state index is 11.0. The van der Waals surface area contributed by atoms with Gasteiger partial charge >= 0.3 is 0 Å². The minimum Gasteiger partial charge on any atom is -0.364 e. The molecule has 15 heavy (non-hydrogen) atoms. The van der Waals surface area contributed by atoms with Crippen LogP contribution in [-0.4, -0.2) is 20.7 Å². The molecule has 1 amide bonds. The average molecular weight is 225 g/mol. The van der Waals surface area contributed by atoms with Gasteiger partial charge in [0, 0.05) is 18.1 Å². The van der Waals surface area contributed by atoms with Gasteiger partial charge in [-0.05, 0) is 13.0 Å². The molecule has 0 aliphatic heterocycles. The van der Waals surface area contributed by atoms with E-state index in [1.807, 2.05) is 17.7 Å². The lowest BCUT2D eigenvalue weighted by atomic mass is 10.3. The number of nitrogens with zero attached hydrogens (tertiary/aromatic N) is 3. The molecule has 0 radical (unpaired) electrons. The molecule has 5 nitrogen and oxygen atoms in total. The Hall–Kier alpha value is -1.62. The van der Waals surface area contributed by atoms with E-state index in [1.54, 1.807) is 6.07 Å². The van der Waals surface area contributed by atoms with Gasteiger partial charge < -0.3 is 10.3 Å². The summed E-state index contributed by atoms with van der Waals surface area (Å²) in [6, 6.07) is 1.79. The molecule has 2 aromatic heterocycles. The molecule has 0 atom stereocenters. The number of hydrogen-bond donors (Lipinski definition) is 1. The summed E-state index contributed by atoms with van der Waals surface area (Å²) >= 11 is 5.99. The highest BCUT2D eigenvalue weighted by Crippen LogP contribution is 2.24. The van der Waals surface area contributed by atoms with Gasteiger partial charge in [0.1, 0.15) is 0 Å². The van der Waals surface area contributed by atoms with Crippen LogP contribution in [0.3, 0.4) is 0 Å². The summed E-state index contributed by atoms with van der Waals surface area (Å²) in [5.41, 5.74) is 5.78. The Bertz CT molecular complexity index is 534. The van der Waals surface area contributed by atoms with Crippen molar-refractivity contribution in [3.05, 3.63) is 23.0 Å². The molecule has 2 rings (SSSR count). The number of rotatable bonds is 2. The van der Waals surface area contributed by atoms with Gasteiger partial charge in [-0.1, -0.05) is 11.6 Å². The molecule has 0 bridgehead atoms. The summed E-state index contributed by atoms with van der Waals surface area (Å²) < 4.78 is 1.89. The molecule has 0 aromatic carbocycles. The summed E-state index contributed by atoms with van der Waals surface area (Å²) in [6.07, 6.45) is 1.84. The van der Waals surface area contributed by atoms with Crippen molar-refractivity contribution in [1.29, 1.82) is 0 Å². The third-order valence-electron chi connectivity index (χ3n) is 2.20. The van der Waals surface area contributed by atoms with E-state index < -0.39 is 5.91 Å². The van der Waals surface area contributed by atoms with Crippen LogP contribution in [0.5, 0.6) is 0 Å². The number of halogens is 1. The van der Waals surface area contributed by atoms with Crippen LogP contribution in [-0.2, 0) is 6.54 Å². The van der Waals surface area contributed by atoms with Gasteiger partial charge in [-0.25, -0.2) is 0 Å². The van der Waals surface area contributed by atoms with E-state index in [9.17, 15) is 4.79 Å². The van der Waals surface area contributed by atoms with Crippen LogP contribution >= 0.6 is 11.6 Å². The summed E-state index contributed by atoms with van der Waals surface area (Å²) in [6.45, 7) is 2.75. The average Bonchev–Trinajstić information content (AvgIpc) is 2.61. The van der Waals surface area contributed by atoms with Crippen LogP contribution in [0.15, 0.2) is 12.3 Å². The molecule has 0 saturated heterocycles. The van der Waals surface area contributed by atoms with Crippen molar-refractivity contribution in [2.24, 2.45) is 5.73 Å². The van der Waals surface area contributed by atoms with Gasteiger partial charge in [-0.15, -0.1) is 10.2 Å². The minimum absolute atomic E-state index is 0.0121. The first-order valence-electron chi connectivity index (χ1n) is 4.46. The zero-order valence-electron chi connectivity index (χ0n) is 8.07. The summed E-state index contributed by atoms with van der Waals surface area (Å²) in [5.74, 6) is -0.668. The molecular weight excluding hydrogens is 216 g/mol. The molecule has 0 fully saturated rings. The molecule has 0 aliphatic carbocycles. The molecule has 78 valence electrons. The monoisotopic (exact) mass is 224 g/mol. The highest BCUT2D eigenvalue weighted by Gasteiger charge is 2.14. The number of nitrogens with two attached hydrogens (primary N) is 1. The summed E-state index contributed by atoms with van der Waals surface area (Å²) in [5, 5.41) is 8.59. The number of aromatic nitrogens is 3. The van der Waals surface area contributed by atoms with Gasteiger partial charge in [-0.3, -0.25) is 4.79 Å². The third-order valence-corrected chi connectivity index (χ3v) is 2.58. The van der Waals surface area contributed by atoms with E-state index in [-0.39, 0.29) is 10.7 Å². The smallest absolute Gasteiger partial charge is 0.270 e. The SMILES string of the molecule is CCn1ccc2c(Cl)c(C(N)=O)nnc21. The number of fused-ring (bicyclic) bond motifs is 1. The zero-order valence-corrected chi connectivity index (χ0v) is 8.82. The van der Waals surface area contributed by atoms with Gasteiger partial charge in [0.05, 0.1) is 5.02 Å². The highest BCUT2D eigenvalue weighted by atomic mass is 35.5. The van der Waals surface area contributed by atoms with Crippen LogP contribution in [0.25, 0.3) is 11.0 Å². The van der Waals surface area contributed by atoms with Crippen molar-refractivity contribution in [2.75, 3.05) is 0 Å². The Balaban J connectivity index is 2.75. The first-order chi connectivity index (χ1) is 7.15. The van der Waals surface area contributed by atoms with E-state index in [0.29, 0.717) is 11.0 Å². The minimum atomic E-state index is -0.668. The molecule has 0 spiro atoms. The van der Waals surface area contributed by atoms with E-state index in [4.69, 9.17) is 17.3 Å². The van der Waals surface area contributed by atoms with Gasteiger partial charge in [-0.2, -0.15) is 0 Å². The van der Waals surface area contributed by atoms with Crippen molar-refractivity contribution in [2.45, 2.75) is 13.5 Å². The zero-order chi connectivity index (χ0) is 11.0. The number of hydrogen-bond acceptors (Lipinski definition) is 3. The Morgan fingerprint density at radius 2 is 2.33 bits per heavy atom. The first-order valence-corrected chi connectivity index (χ1v) is 4.83. The van der Waals surface area contributed by atoms with Gasteiger partial charge in [0.25, 0.3) is 5.91 Å². The second kappa shape index (κ2) is 3.51. The summed E-state index contributed by atoms with van der Waals surface area (Å²) in [7, 11) is 0. The largest absolute Gasteiger partial charge is 0.364 e. The fourth-order valence-corrected chi connectivity index (χ4v) is 1.71. The number of aryl methyl sites for hydroxylation is 1. The van der Waals surface area contributed by atoms with Crippen molar-refractivity contribution < 1.29 is 4.79 Å². The van der Waals surface area contributed by atoms with E-state index in [1.165, 1.54) is 0 Å². The fourth-order valence-electron chi connectivity index (χ4n) is 1.43. The molecule has 0 aliphatic rings. The molecule has 0 unspecified atom stereocenters. The number of amides is 1. The molecule has 0 saturated carbocycles. The lowest BCUT2D eigenvalue weighted by Gasteiger charge is -2.01. The number of carbonyl (C=O) groups is 1. The maximum Gasteiger partial charge on any atom is 0.270 e. The maximum atomic E-state index is 11.0. The fraction of sp³-hybridized carbons (Fsp3) is 0.222. The van der Waals surface area contributed by atoms with Crippen molar-refractivity contribution in [3.63, 3.8) is 0 Å². The Labute approximate surface area is 90.8 Å². The van der Waals surface area contributed by atoms with Gasteiger partial charge in [0.15, 0.2) is 11.3 Å². The van der Waals surface area contributed by atoms with E-state index >= 15 is 0 Å². The second-order valence-electron chi connectivity index (χ2n) is 3.07. The normalized spacial score (nSPS) is 10.8. The first kappa shape index (κ1) is 9.92. The van der Waals surface area contributed by atoms with Crippen LogP contribution in [0.1, 0.15) is 17.4 Å². The lowest BCUT2D eigenvalue weighted by Crippen LogP contribution is -2.14. The van der Waals surface area contributed by atoms with Crippen molar-refractivity contribution in [1.82, 2.24) is 14.8 Å². The third kappa shape index (κ3) is 1.45. The Morgan fingerprint density at radius 1 is 1.60 bits per heavy atom. The van der Waals surface area contributed by atoms with Crippen LogP contribution in [0.2, 0.25) is 5.02 Å². The van der Waals surface area contributed by atoms with E-state index in [0.717, 1.165) is 6.54 Å². The quantitative estimate of drug-likeness (QED) is 0.833. The number of carbonyl (C=O) groups excluding carboxylic acids is 1. The predicted octanol–water partition coefficient (Wildman–Crippen LogP) is 1.20. The van der Waals surface area contributed by atoms with Crippen molar-refractivity contribution >= 4 is 28.5 Å². The molecular formula is C9H9ClN4O. The second-order valence-corrected chi connectivity index (χ2v) is 3.44. The topological polar surface area (TPSA) is 73.8 Å². The molecule has 2 N–H and O–H groups in total. The van der Waals surface area contributed by atoms with Crippen LogP contribution in [0, 0.1) is 0 Å². The molecule has 2 aromatic rings. The van der Waals surface area contributed by atoms with Crippen LogP contribution in [0.4, 0.5) is 0 Å². The molecule has 2 heterocycles.